The Morgan fingerprint density at radius 3 is 2.64 bits per heavy atom. The predicted molar refractivity (Wildman–Crippen MR) is 92.7 cm³/mol. The molecule has 0 radical (unpaired) electrons. The summed E-state index contributed by atoms with van der Waals surface area (Å²) in [6, 6.07) is 7.01. The molecule has 1 aliphatic heterocycles. The van der Waals surface area contributed by atoms with Gasteiger partial charge in [0, 0.05) is 37.5 Å². The molecule has 1 amide bonds. The molecule has 1 aromatic carbocycles. The summed E-state index contributed by atoms with van der Waals surface area (Å²) in [5, 5.41) is 0.520. The fourth-order valence-electron chi connectivity index (χ4n) is 2.89. The highest BCUT2D eigenvalue weighted by molar-refractivity contribution is 7.89. The lowest BCUT2D eigenvalue weighted by atomic mass is 10.1. The number of benzene rings is 1. The number of rotatable bonds is 5. The average Bonchev–Trinajstić information content (AvgIpc) is 2.61. The smallest absolute Gasteiger partial charge is 0.336 e. The zero-order valence-electron chi connectivity index (χ0n) is 13.7. The Morgan fingerprint density at radius 1 is 1.12 bits per heavy atom. The third kappa shape index (κ3) is 4.26. The van der Waals surface area contributed by atoms with Gasteiger partial charge in [-0.15, -0.1) is 0 Å². The van der Waals surface area contributed by atoms with Crippen LogP contribution < -0.4 is 10.3 Å². The van der Waals surface area contributed by atoms with Crippen LogP contribution in [0.15, 0.2) is 44.4 Å². The number of carbonyl (C=O) groups excluding carboxylic acids is 1. The summed E-state index contributed by atoms with van der Waals surface area (Å²) in [5.74, 6) is -0.0253. The molecule has 3 rings (SSSR count). The van der Waals surface area contributed by atoms with E-state index in [1.165, 1.54) is 30.3 Å². The molecule has 1 aromatic heterocycles. The number of amides is 1. The van der Waals surface area contributed by atoms with Crippen LogP contribution >= 0.6 is 0 Å². The maximum Gasteiger partial charge on any atom is 0.336 e. The normalized spacial score (nSPS) is 15.4. The van der Waals surface area contributed by atoms with Crippen LogP contribution in [-0.4, -0.2) is 38.9 Å². The standard InChI is InChI=1S/C17H20N2O5S/c20-16(19-10-2-1-3-11-19)8-9-18-25(22,23)14-5-6-15-13(12-14)4-7-17(21)24-15/h4-7,12,18H,1-3,8-11H2. The van der Waals surface area contributed by atoms with Crippen LogP contribution in [0.3, 0.4) is 0 Å². The monoisotopic (exact) mass is 364 g/mol. The number of piperidine rings is 1. The third-order valence-corrected chi connectivity index (χ3v) is 5.70. The minimum Gasteiger partial charge on any atom is -0.423 e. The Morgan fingerprint density at radius 2 is 1.88 bits per heavy atom. The van der Waals surface area contributed by atoms with Gasteiger partial charge >= 0.3 is 5.63 Å². The van der Waals surface area contributed by atoms with Crippen LogP contribution in [0.2, 0.25) is 0 Å². The lowest BCUT2D eigenvalue weighted by Crippen LogP contribution is -2.37. The van der Waals surface area contributed by atoms with Gasteiger partial charge < -0.3 is 9.32 Å². The molecular formula is C17H20N2O5S. The molecule has 8 heteroatoms. The van der Waals surface area contributed by atoms with Crippen molar-refractivity contribution in [3.8, 4) is 0 Å². The summed E-state index contributed by atoms with van der Waals surface area (Å²) in [7, 11) is -3.73. The van der Waals surface area contributed by atoms with Crippen molar-refractivity contribution in [1.29, 1.82) is 0 Å². The molecule has 2 heterocycles. The minimum absolute atomic E-state index is 0.0253. The second-order valence-corrected chi connectivity index (χ2v) is 7.81. The van der Waals surface area contributed by atoms with Crippen molar-refractivity contribution in [2.75, 3.05) is 19.6 Å². The summed E-state index contributed by atoms with van der Waals surface area (Å²) in [4.78, 5) is 25.1. The number of nitrogens with zero attached hydrogens (tertiary/aromatic N) is 1. The van der Waals surface area contributed by atoms with Crippen molar-refractivity contribution >= 4 is 26.9 Å². The van der Waals surface area contributed by atoms with Crippen LogP contribution in [0, 0.1) is 0 Å². The van der Waals surface area contributed by atoms with Crippen molar-refractivity contribution < 1.29 is 17.6 Å². The SMILES string of the molecule is O=C(CCNS(=O)(=O)c1ccc2oc(=O)ccc2c1)N1CCCCC1. The molecule has 0 unspecified atom stereocenters. The second kappa shape index (κ2) is 7.37. The van der Waals surface area contributed by atoms with Crippen molar-refractivity contribution in [2.24, 2.45) is 0 Å². The molecule has 25 heavy (non-hydrogen) atoms. The molecule has 7 nitrogen and oxygen atoms in total. The molecule has 0 spiro atoms. The summed E-state index contributed by atoms with van der Waals surface area (Å²) in [6.07, 6.45) is 3.29. The number of carbonyl (C=O) groups is 1. The van der Waals surface area contributed by atoms with E-state index in [1.54, 1.807) is 4.90 Å². The van der Waals surface area contributed by atoms with E-state index in [-0.39, 0.29) is 23.8 Å². The zero-order valence-corrected chi connectivity index (χ0v) is 14.5. The van der Waals surface area contributed by atoms with Crippen LogP contribution in [0.5, 0.6) is 0 Å². The fraction of sp³-hybridized carbons (Fsp3) is 0.412. The van der Waals surface area contributed by atoms with E-state index in [1.807, 2.05) is 0 Å². The highest BCUT2D eigenvalue weighted by Gasteiger charge is 2.18. The van der Waals surface area contributed by atoms with E-state index in [0.29, 0.717) is 11.0 Å². The molecule has 0 saturated carbocycles. The first kappa shape index (κ1) is 17.6. The van der Waals surface area contributed by atoms with E-state index in [0.717, 1.165) is 32.4 Å². The number of fused-ring (bicyclic) bond motifs is 1. The van der Waals surface area contributed by atoms with E-state index in [9.17, 15) is 18.0 Å². The maximum absolute atomic E-state index is 12.4. The minimum atomic E-state index is -3.73. The van der Waals surface area contributed by atoms with Crippen molar-refractivity contribution in [2.45, 2.75) is 30.6 Å². The summed E-state index contributed by atoms with van der Waals surface area (Å²) >= 11 is 0. The number of hydrogen-bond donors (Lipinski definition) is 1. The quantitative estimate of drug-likeness (QED) is 0.811. The number of hydrogen-bond acceptors (Lipinski definition) is 5. The second-order valence-electron chi connectivity index (χ2n) is 6.04. The van der Waals surface area contributed by atoms with E-state index in [4.69, 9.17) is 4.42 Å². The number of sulfonamides is 1. The Balaban J connectivity index is 1.64. The van der Waals surface area contributed by atoms with Crippen molar-refractivity contribution in [3.63, 3.8) is 0 Å². The van der Waals surface area contributed by atoms with Crippen molar-refractivity contribution in [1.82, 2.24) is 9.62 Å². The molecule has 1 saturated heterocycles. The van der Waals surface area contributed by atoms with Gasteiger partial charge in [-0.3, -0.25) is 4.79 Å². The number of likely N-dealkylation sites (tertiary alicyclic amines) is 1. The molecule has 0 aliphatic carbocycles. The molecule has 1 N–H and O–H groups in total. The third-order valence-electron chi connectivity index (χ3n) is 4.24. The van der Waals surface area contributed by atoms with E-state index in [2.05, 4.69) is 4.72 Å². The molecule has 1 fully saturated rings. The number of nitrogens with one attached hydrogen (secondary N) is 1. The topological polar surface area (TPSA) is 96.7 Å². The van der Waals surface area contributed by atoms with Gasteiger partial charge in [0.2, 0.25) is 15.9 Å². The molecule has 1 aliphatic rings. The highest BCUT2D eigenvalue weighted by atomic mass is 32.2. The van der Waals surface area contributed by atoms with E-state index < -0.39 is 15.6 Å². The largest absolute Gasteiger partial charge is 0.423 e. The zero-order chi connectivity index (χ0) is 17.9. The molecule has 0 atom stereocenters. The van der Waals surface area contributed by atoms with Crippen LogP contribution in [0.1, 0.15) is 25.7 Å². The Hall–Kier alpha value is -2.19. The Bertz CT molecular complexity index is 929. The maximum atomic E-state index is 12.4. The first-order chi connectivity index (χ1) is 12.0. The molecular weight excluding hydrogens is 344 g/mol. The van der Waals surface area contributed by atoms with Crippen LogP contribution in [0.4, 0.5) is 0 Å². The first-order valence-corrected chi connectivity index (χ1v) is 9.75. The van der Waals surface area contributed by atoms with Gasteiger partial charge in [0.25, 0.3) is 0 Å². The summed E-state index contributed by atoms with van der Waals surface area (Å²) < 4.78 is 32.2. The predicted octanol–water partition coefficient (Wildman–Crippen LogP) is 1.47. The van der Waals surface area contributed by atoms with Gasteiger partial charge in [-0.05, 0) is 43.5 Å². The Kier molecular flexibility index (Phi) is 5.19. The van der Waals surface area contributed by atoms with Gasteiger partial charge in [0.1, 0.15) is 5.58 Å². The lowest BCUT2D eigenvalue weighted by Gasteiger charge is -2.26. The fourth-order valence-corrected chi connectivity index (χ4v) is 3.96. The lowest BCUT2D eigenvalue weighted by molar-refractivity contribution is -0.131. The van der Waals surface area contributed by atoms with Gasteiger partial charge in [0.15, 0.2) is 0 Å². The highest BCUT2D eigenvalue weighted by Crippen LogP contribution is 2.17. The Labute approximate surface area is 145 Å². The first-order valence-electron chi connectivity index (χ1n) is 8.27. The van der Waals surface area contributed by atoms with Crippen molar-refractivity contribution in [3.05, 3.63) is 40.8 Å². The van der Waals surface area contributed by atoms with Gasteiger partial charge in [-0.25, -0.2) is 17.9 Å². The van der Waals surface area contributed by atoms with Crippen LogP contribution in [0.25, 0.3) is 11.0 Å². The van der Waals surface area contributed by atoms with Gasteiger partial charge in [-0.2, -0.15) is 0 Å². The molecule has 134 valence electrons. The van der Waals surface area contributed by atoms with Crippen LogP contribution in [-0.2, 0) is 14.8 Å². The summed E-state index contributed by atoms with van der Waals surface area (Å²) in [6.45, 7) is 1.56. The average molecular weight is 364 g/mol. The molecule has 0 bridgehead atoms. The van der Waals surface area contributed by atoms with Gasteiger partial charge in [-0.1, -0.05) is 0 Å². The summed E-state index contributed by atoms with van der Waals surface area (Å²) in [5.41, 5.74) is -0.163. The van der Waals surface area contributed by atoms with Gasteiger partial charge in [0.05, 0.1) is 4.90 Å². The molecule has 2 aromatic rings. The van der Waals surface area contributed by atoms with E-state index >= 15 is 0 Å².